The van der Waals surface area contributed by atoms with Gasteiger partial charge in [0.15, 0.2) is 18.1 Å². The number of ether oxygens (including phenoxy) is 3. The maximum Gasteiger partial charge on any atom is 0.341 e. The highest BCUT2D eigenvalue weighted by Gasteiger charge is 2.18. The van der Waals surface area contributed by atoms with Crippen LogP contribution in [0.5, 0.6) is 11.5 Å². The predicted molar refractivity (Wildman–Crippen MR) is 109 cm³/mol. The van der Waals surface area contributed by atoms with Crippen LogP contribution in [-0.2, 0) is 16.0 Å². The number of nitro groups is 1. The third-order valence-electron chi connectivity index (χ3n) is 4.22. The maximum atomic E-state index is 12.2. The molecule has 10 heteroatoms. The van der Waals surface area contributed by atoms with Crippen molar-refractivity contribution in [1.29, 1.82) is 0 Å². The molecule has 160 valence electrons. The molecule has 10 nitrogen and oxygen atoms in total. The molecule has 0 spiro atoms. The summed E-state index contributed by atoms with van der Waals surface area (Å²) >= 11 is 0. The Kier molecular flexibility index (Phi) is 7.98. The highest BCUT2D eigenvalue weighted by Crippen LogP contribution is 2.27. The monoisotopic (exact) mass is 417 g/mol. The molecule has 0 bridgehead atoms. The minimum absolute atomic E-state index is 0.0233. The van der Waals surface area contributed by atoms with Crippen LogP contribution in [0.25, 0.3) is 0 Å². The minimum Gasteiger partial charge on any atom is -0.493 e. The van der Waals surface area contributed by atoms with E-state index in [1.807, 2.05) is 12.1 Å². The zero-order valence-electron chi connectivity index (χ0n) is 16.9. The summed E-state index contributed by atoms with van der Waals surface area (Å²) in [6.45, 7) is -0.180. The number of amides is 1. The third kappa shape index (κ3) is 5.84. The molecule has 0 fully saturated rings. The predicted octanol–water partition coefficient (Wildman–Crippen LogP) is 2.17. The summed E-state index contributed by atoms with van der Waals surface area (Å²) in [5.74, 6) is -0.120. The molecule has 2 aromatic carbocycles. The van der Waals surface area contributed by atoms with Crippen LogP contribution in [-0.4, -0.2) is 51.2 Å². The molecule has 2 N–H and O–H groups in total. The zero-order valence-corrected chi connectivity index (χ0v) is 16.9. The van der Waals surface area contributed by atoms with Gasteiger partial charge in [-0.25, -0.2) is 4.79 Å². The Morgan fingerprint density at radius 1 is 1.07 bits per heavy atom. The van der Waals surface area contributed by atoms with Crippen LogP contribution in [0.15, 0.2) is 36.4 Å². The van der Waals surface area contributed by atoms with Crippen molar-refractivity contribution in [2.24, 2.45) is 0 Å². The number of rotatable bonds is 10. The van der Waals surface area contributed by atoms with Gasteiger partial charge < -0.3 is 24.8 Å². The maximum absolute atomic E-state index is 12.2. The fraction of sp³-hybridized carbons (Fsp3) is 0.300. The summed E-state index contributed by atoms with van der Waals surface area (Å²) in [7, 11) is 4.66. The molecular weight excluding hydrogens is 394 g/mol. The number of non-ortho nitro benzene ring substituents is 1. The van der Waals surface area contributed by atoms with E-state index in [1.54, 1.807) is 27.3 Å². The van der Waals surface area contributed by atoms with E-state index in [0.29, 0.717) is 30.2 Å². The molecule has 0 aliphatic rings. The first kappa shape index (κ1) is 22.5. The van der Waals surface area contributed by atoms with Crippen LogP contribution in [0.3, 0.4) is 0 Å². The number of hydrogen-bond acceptors (Lipinski definition) is 8. The first-order valence-electron chi connectivity index (χ1n) is 9.00. The Labute approximate surface area is 173 Å². The van der Waals surface area contributed by atoms with Gasteiger partial charge in [0.2, 0.25) is 0 Å². The van der Waals surface area contributed by atoms with Crippen molar-refractivity contribution < 1.29 is 28.7 Å². The van der Waals surface area contributed by atoms with Gasteiger partial charge in [-0.3, -0.25) is 14.9 Å². The van der Waals surface area contributed by atoms with Crippen LogP contribution in [0, 0.1) is 10.1 Å². The van der Waals surface area contributed by atoms with Crippen molar-refractivity contribution >= 4 is 23.3 Å². The molecule has 2 aromatic rings. The Hall–Kier alpha value is -3.82. The van der Waals surface area contributed by atoms with Crippen LogP contribution in [0.1, 0.15) is 15.9 Å². The molecule has 0 aromatic heterocycles. The molecule has 0 saturated heterocycles. The molecule has 0 radical (unpaired) electrons. The second kappa shape index (κ2) is 10.6. The van der Waals surface area contributed by atoms with Crippen molar-refractivity contribution in [3.63, 3.8) is 0 Å². The number of benzene rings is 2. The van der Waals surface area contributed by atoms with Gasteiger partial charge in [-0.2, -0.15) is 0 Å². The van der Waals surface area contributed by atoms with Gasteiger partial charge in [0.05, 0.1) is 24.7 Å². The quantitative estimate of drug-likeness (QED) is 0.342. The lowest BCUT2D eigenvalue weighted by atomic mass is 10.1. The topological polar surface area (TPSA) is 129 Å². The number of nitrogens with one attached hydrogen (secondary N) is 2. The largest absolute Gasteiger partial charge is 0.493 e. The van der Waals surface area contributed by atoms with Gasteiger partial charge in [0.25, 0.3) is 11.6 Å². The van der Waals surface area contributed by atoms with E-state index in [0.717, 1.165) is 11.6 Å². The zero-order chi connectivity index (χ0) is 22.1. The van der Waals surface area contributed by atoms with E-state index < -0.39 is 23.4 Å². The number of nitrogens with zero attached hydrogens (tertiary/aromatic N) is 1. The first-order chi connectivity index (χ1) is 14.4. The fourth-order valence-corrected chi connectivity index (χ4v) is 2.67. The Morgan fingerprint density at radius 2 is 1.80 bits per heavy atom. The molecule has 0 aliphatic heterocycles. The molecule has 1 amide bonds. The van der Waals surface area contributed by atoms with Crippen LogP contribution in [0.4, 0.5) is 11.4 Å². The van der Waals surface area contributed by atoms with Gasteiger partial charge in [0, 0.05) is 31.4 Å². The lowest BCUT2D eigenvalue weighted by molar-refractivity contribution is -0.384. The molecule has 0 heterocycles. The van der Waals surface area contributed by atoms with Gasteiger partial charge >= 0.3 is 5.97 Å². The molecule has 0 atom stereocenters. The number of carbonyl (C=O) groups excluding carboxylic acids is 2. The van der Waals surface area contributed by atoms with Crippen LogP contribution < -0.4 is 20.1 Å². The summed E-state index contributed by atoms with van der Waals surface area (Å²) in [5.41, 5.74) is 1.02. The van der Waals surface area contributed by atoms with Gasteiger partial charge in [-0.15, -0.1) is 0 Å². The van der Waals surface area contributed by atoms with Crippen molar-refractivity contribution in [2.45, 2.75) is 6.42 Å². The van der Waals surface area contributed by atoms with E-state index in [9.17, 15) is 19.7 Å². The number of esters is 1. The Balaban J connectivity index is 1.87. The Morgan fingerprint density at radius 3 is 2.43 bits per heavy atom. The summed E-state index contributed by atoms with van der Waals surface area (Å²) in [5, 5.41) is 16.3. The summed E-state index contributed by atoms with van der Waals surface area (Å²) in [6.07, 6.45) is 0.537. The standard InChI is InChI=1S/C20H23N3O7/c1-21-16-6-5-14(23(26)27)11-15(16)20(25)30-12-19(24)22-9-8-13-4-7-17(28-2)18(10-13)29-3/h4-7,10-11,21H,8-9,12H2,1-3H3,(H,22,24). The fourth-order valence-electron chi connectivity index (χ4n) is 2.67. The summed E-state index contributed by atoms with van der Waals surface area (Å²) in [6, 6.07) is 9.21. The van der Waals surface area contributed by atoms with Crippen LogP contribution in [0.2, 0.25) is 0 Å². The number of anilines is 1. The van der Waals surface area contributed by atoms with E-state index >= 15 is 0 Å². The van der Waals surface area contributed by atoms with E-state index in [4.69, 9.17) is 14.2 Å². The summed E-state index contributed by atoms with van der Waals surface area (Å²) in [4.78, 5) is 34.5. The van der Waals surface area contributed by atoms with E-state index in [1.165, 1.54) is 12.1 Å². The average Bonchev–Trinajstić information content (AvgIpc) is 2.76. The Bertz CT molecular complexity index is 931. The van der Waals surface area contributed by atoms with Gasteiger partial charge in [-0.1, -0.05) is 6.07 Å². The van der Waals surface area contributed by atoms with Gasteiger partial charge in [0.1, 0.15) is 0 Å². The first-order valence-corrected chi connectivity index (χ1v) is 9.00. The van der Waals surface area contributed by atoms with Crippen molar-refractivity contribution in [1.82, 2.24) is 5.32 Å². The smallest absolute Gasteiger partial charge is 0.341 e. The van der Waals surface area contributed by atoms with E-state index in [-0.39, 0.29) is 11.3 Å². The number of methoxy groups -OCH3 is 2. The highest BCUT2D eigenvalue weighted by atomic mass is 16.6. The number of carbonyl (C=O) groups is 2. The SMILES string of the molecule is CNc1ccc([N+](=O)[O-])cc1C(=O)OCC(=O)NCCc1ccc(OC)c(OC)c1. The summed E-state index contributed by atoms with van der Waals surface area (Å²) < 4.78 is 15.4. The lowest BCUT2D eigenvalue weighted by Gasteiger charge is -2.11. The molecule has 0 unspecified atom stereocenters. The van der Waals surface area contributed by atoms with E-state index in [2.05, 4.69) is 10.6 Å². The third-order valence-corrected chi connectivity index (χ3v) is 4.22. The number of nitro benzene ring substituents is 1. The van der Waals surface area contributed by atoms with Gasteiger partial charge in [-0.05, 0) is 30.2 Å². The molecule has 30 heavy (non-hydrogen) atoms. The minimum atomic E-state index is -0.835. The van der Waals surface area contributed by atoms with Crippen molar-refractivity contribution in [3.05, 3.63) is 57.6 Å². The average molecular weight is 417 g/mol. The highest BCUT2D eigenvalue weighted by molar-refractivity contribution is 5.97. The molecular formula is C20H23N3O7. The normalized spacial score (nSPS) is 10.1. The molecule has 0 saturated carbocycles. The molecule has 0 aliphatic carbocycles. The van der Waals surface area contributed by atoms with Crippen molar-refractivity contribution in [2.75, 3.05) is 39.7 Å². The second-order valence-corrected chi connectivity index (χ2v) is 6.10. The van der Waals surface area contributed by atoms with Crippen molar-refractivity contribution in [3.8, 4) is 11.5 Å². The molecule has 2 rings (SSSR count). The number of hydrogen-bond donors (Lipinski definition) is 2. The lowest BCUT2D eigenvalue weighted by Crippen LogP contribution is -2.30. The second-order valence-electron chi connectivity index (χ2n) is 6.10. The van der Waals surface area contributed by atoms with Crippen LogP contribution >= 0.6 is 0 Å².